The van der Waals surface area contributed by atoms with Crippen LogP contribution in [0.5, 0.6) is 0 Å². The minimum absolute atomic E-state index is 0.218. The Hall–Kier alpha value is -0.870. The molecule has 0 aromatic rings. The summed E-state index contributed by atoms with van der Waals surface area (Å²) in [6.07, 6.45) is 4.29. The Morgan fingerprint density at radius 2 is 1.94 bits per heavy atom. The van der Waals surface area contributed by atoms with E-state index in [0.29, 0.717) is 12.2 Å². The van der Waals surface area contributed by atoms with Crippen LogP contribution in [-0.2, 0) is 19.0 Å². The second kappa shape index (κ2) is 6.77. The third-order valence-corrected chi connectivity index (χ3v) is 2.88. The standard InChI is InChI=1S/C13H22O4/c1-9(13(14)15-4)5-6-16-12-7-10(2)17-11(3)8-12/h5,10-12H,6-8H2,1-4H3. The Morgan fingerprint density at radius 1 is 1.35 bits per heavy atom. The van der Waals surface area contributed by atoms with Gasteiger partial charge in [-0.25, -0.2) is 4.79 Å². The Labute approximate surface area is 103 Å². The van der Waals surface area contributed by atoms with Gasteiger partial charge in [-0.15, -0.1) is 0 Å². The smallest absolute Gasteiger partial charge is 0.333 e. The molecule has 0 aromatic carbocycles. The summed E-state index contributed by atoms with van der Waals surface area (Å²) in [4.78, 5) is 11.1. The molecule has 0 spiro atoms. The molecule has 2 atom stereocenters. The van der Waals surface area contributed by atoms with E-state index < -0.39 is 0 Å². The van der Waals surface area contributed by atoms with Gasteiger partial charge in [0, 0.05) is 5.57 Å². The van der Waals surface area contributed by atoms with E-state index in [1.54, 1.807) is 13.0 Å². The molecule has 1 aliphatic heterocycles. The molecule has 0 saturated carbocycles. The Balaban J connectivity index is 2.33. The van der Waals surface area contributed by atoms with E-state index in [9.17, 15) is 4.79 Å². The number of carbonyl (C=O) groups excluding carboxylic acids is 1. The van der Waals surface area contributed by atoms with Crippen LogP contribution in [-0.4, -0.2) is 38.0 Å². The van der Waals surface area contributed by atoms with E-state index in [4.69, 9.17) is 9.47 Å². The predicted molar refractivity (Wildman–Crippen MR) is 64.8 cm³/mol. The number of hydrogen-bond donors (Lipinski definition) is 0. The normalized spacial score (nSPS) is 30.1. The highest BCUT2D eigenvalue weighted by Gasteiger charge is 2.24. The van der Waals surface area contributed by atoms with Crippen molar-refractivity contribution < 1.29 is 19.0 Å². The summed E-state index contributed by atoms with van der Waals surface area (Å²) in [5.41, 5.74) is 0.584. The molecule has 17 heavy (non-hydrogen) atoms. The van der Waals surface area contributed by atoms with Crippen molar-refractivity contribution in [3.63, 3.8) is 0 Å². The lowest BCUT2D eigenvalue weighted by Gasteiger charge is -2.31. The SMILES string of the molecule is COC(=O)C(C)=CCOC1CC(C)OC(C)C1. The monoisotopic (exact) mass is 242 g/mol. The van der Waals surface area contributed by atoms with Crippen LogP contribution in [0, 0.1) is 0 Å². The van der Waals surface area contributed by atoms with Crippen molar-refractivity contribution in [1.82, 2.24) is 0 Å². The zero-order chi connectivity index (χ0) is 12.8. The zero-order valence-electron chi connectivity index (χ0n) is 11.1. The number of esters is 1. The first kappa shape index (κ1) is 14.2. The molecule has 0 radical (unpaired) electrons. The predicted octanol–water partition coefficient (Wildman–Crippen LogP) is 2.08. The number of hydrogen-bond acceptors (Lipinski definition) is 4. The fourth-order valence-electron chi connectivity index (χ4n) is 2.03. The van der Waals surface area contributed by atoms with Crippen molar-refractivity contribution in [3.05, 3.63) is 11.6 Å². The van der Waals surface area contributed by atoms with Crippen molar-refractivity contribution in [1.29, 1.82) is 0 Å². The minimum atomic E-state index is -0.303. The van der Waals surface area contributed by atoms with Crippen LogP contribution >= 0.6 is 0 Å². The van der Waals surface area contributed by atoms with E-state index >= 15 is 0 Å². The molecule has 0 amide bonds. The van der Waals surface area contributed by atoms with Crippen molar-refractivity contribution in [3.8, 4) is 0 Å². The maximum absolute atomic E-state index is 11.1. The molecule has 1 saturated heterocycles. The van der Waals surface area contributed by atoms with Gasteiger partial charge in [0.1, 0.15) is 0 Å². The Bertz CT molecular complexity index is 275. The summed E-state index contributed by atoms with van der Waals surface area (Å²) in [6.45, 7) is 6.29. The molecule has 0 N–H and O–H groups in total. The summed E-state index contributed by atoms with van der Waals surface area (Å²) in [6, 6.07) is 0. The Morgan fingerprint density at radius 3 is 2.47 bits per heavy atom. The number of rotatable bonds is 4. The van der Waals surface area contributed by atoms with Crippen LogP contribution in [0.3, 0.4) is 0 Å². The molecule has 2 unspecified atom stereocenters. The summed E-state index contributed by atoms with van der Waals surface area (Å²) in [7, 11) is 1.38. The largest absolute Gasteiger partial charge is 0.466 e. The zero-order valence-corrected chi connectivity index (χ0v) is 11.1. The molecule has 1 rings (SSSR count). The average Bonchev–Trinajstić information content (AvgIpc) is 2.26. The van der Waals surface area contributed by atoms with Gasteiger partial charge >= 0.3 is 5.97 Å². The molecule has 4 nitrogen and oxygen atoms in total. The molecular weight excluding hydrogens is 220 g/mol. The van der Waals surface area contributed by atoms with Gasteiger partial charge in [0.25, 0.3) is 0 Å². The van der Waals surface area contributed by atoms with Gasteiger partial charge in [0.2, 0.25) is 0 Å². The molecule has 4 heteroatoms. The van der Waals surface area contributed by atoms with Gasteiger partial charge in [-0.2, -0.15) is 0 Å². The van der Waals surface area contributed by atoms with Crippen LogP contribution < -0.4 is 0 Å². The third-order valence-electron chi connectivity index (χ3n) is 2.88. The molecule has 0 bridgehead atoms. The minimum Gasteiger partial charge on any atom is -0.466 e. The highest BCUT2D eigenvalue weighted by molar-refractivity contribution is 5.87. The van der Waals surface area contributed by atoms with Crippen LogP contribution in [0.2, 0.25) is 0 Å². The van der Waals surface area contributed by atoms with Crippen LogP contribution in [0.25, 0.3) is 0 Å². The van der Waals surface area contributed by atoms with Gasteiger partial charge in [0.05, 0.1) is 32.0 Å². The van der Waals surface area contributed by atoms with Gasteiger partial charge in [0.15, 0.2) is 0 Å². The van der Waals surface area contributed by atoms with Gasteiger partial charge < -0.3 is 14.2 Å². The Kier molecular flexibility index (Phi) is 5.65. The van der Waals surface area contributed by atoms with E-state index in [1.807, 2.05) is 0 Å². The van der Waals surface area contributed by atoms with Crippen molar-refractivity contribution in [2.75, 3.05) is 13.7 Å². The van der Waals surface area contributed by atoms with Crippen LogP contribution in [0.15, 0.2) is 11.6 Å². The number of carbonyl (C=O) groups is 1. The molecule has 98 valence electrons. The van der Waals surface area contributed by atoms with E-state index in [0.717, 1.165) is 12.8 Å². The van der Waals surface area contributed by atoms with Gasteiger partial charge in [-0.1, -0.05) is 0 Å². The summed E-state index contributed by atoms with van der Waals surface area (Å²) >= 11 is 0. The van der Waals surface area contributed by atoms with E-state index in [1.165, 1.54) is 7.11 Å². The van der Waals surface area contributed by atoms with Crippen molar-refractivity contribution in [2.24, 2.45) is 0 Å². The molecular formula is C13H22O4. The molecule has 0 aromatic heterocycles. The topological polar surface area (TPSA) is 44.8 Å². The first-order valence-electron chi connectivity index (χ1n) is 6.05. The van der Waals surface area contributed by atoms with Crippen LogP contribution in [0.1, 0.15) is 33.6 Å². The lowest BCUT2D eigenvalue weighted by atomic mass is 10.0. The molecule has 0 aliphatic carbocycles. The highest BCUT2D eigenvalue weighted by Crippen LogP contribution is 2.21. The molecule has 1 heterocycles. The van der Waals surface area contributed by atoms with Crippen molar-refractivity contribution in [2.45, 2.75) is 51.9 Å². The number of methoxy groups -OCH3 is 1. The van der Waals surface area contributed by atoms with E-state index in [2.05, 4.69) is 18.6 Å². The van der Waals surface area contributed by atoms with Gasteiger partial charge in [-0.05, 0) is 39.7 Å². The third kappa shape index (κ3) is 4.88. The fourth-order valence-corrected chi connectivity index (χ4v) is 2.03. The van der Waals surface area contributed by atoms with E-state index in [-0.39, 0.29) is 24.3 Å². The van der Waals surface area contributed by atoms with Crippen LogP contribution in [0.4, 0.5) is 0 Å². The lowest BCUT2D eigenvalue weighted by molar-refractivity contribution is -0.136. The van der Waals surface area contributed by atoms with Crippen molar-refractivity contribution >= 4 is 5.97 Å². The summed E-state index contributed by atoms with van der Waals surface area (Å²) < 4.78 is 16.0. The average molecular weight is 242 g/mol. The first-order valence-corrected chi connectivity index (χ1v) is 6.05. The second-order valence-corrected chi connectivity index (χ2v) is 4.56. The lowest BCUT2D eigenvalue weighted by Crippen LogP contribution is -2.34. The quantitative estimate of drug-likeness (QED) is 0.559. The number of ether oxygens (including phenoxy) is 3. The highest BCUT2D eigenvalue weighted by atomic mass is 16.5. The molecule has 1 aliphatic rings. The fraction of sp³-hybridized carbons (Fsp3) is 0.769. The maximum Gasteiger partial charge on any atom is 0.333 e. The van der Waals surface area contributed by atoms with Gasteiger partial charge in [-0.3, -0.25) is 0 Å². The first-order chi connectivity index (χ1) is 8.02. The summed E-state index contributed by atoms with van der Waals surface area (Å²) in [5, 5.41) is 0. The maximum atomic E-state index is 11.1. The molecule has 1 fully saturated rings. The second-order valence-electron chi connectivity index (χ2n) is 4.56. The summed E-state index contributed by atoms with van der Waals surface area (Å²) in [5.74, 6) is -0.303.